The summed E-state index contributed by atoms with van der Waals surface area (Å²) < 4.78 is 0. The van der Waals surface area contributed by atoms with E-state index in [2.05, 4.69) is 53.3 Å². The lowest BCUT2D eigenvalue weighted by molar-refractivity contribution is -0.125. The number of carbonyl (C=O) groups is 1. The second-order valence-electron chi connectivity index (χ2n) is 7.57. The van der Waals surface area contributed by atoms with Gasteiger partial charge in [-0.25, -0.2) is 0 Å². The number of nitrogens with zero attached hydrogens (tertiary/aromatic N) is 3. The lowest BCUT2D eigenvalue weighted by Crippen LogP contribution is -2.44. The van der Waals surface area contributed by atoms with Crippen molar-refractivity contribution in [1.82, 2.24) is 15.5 Å². The summed E-state index contributed by atoms with van der Waals surface area (Å²) in [6.45, 7) is 8.66. The molecule has 0 spiro atoms. The number of aromatic nitrogens is 2. The molecule has 1 saturated heterocycles. The molecule has 1 amide bonds. The van der Waals surface area contributed by atoms with Crippen LogP contribution < -0.4 is 10.2 Å². The quantitative estimate of drug-likeness (QED) is 0.895. The highest BCUT2D eigenvalue weighted by Crippen LogP contribution is 2.24. The molecule has 1 aliphatic rings. The number of hydrogen-bond donors (Lipinski definition) is 1. The van der Waals surface area contributed by atoms with Crippen molar-refractivity contribution in [1.29, 1.82) is 0 Å². The molecule has 5 heteroatoms. The molecule has 1 atom stereocenters. The monoisotopic (exact) mass is 352 g/mol. The number of amides is 1. The lowest BCUT2D eigenvalue weighted by atomic mass is 9.97. The van der Waals surface area contributed by atoms with Crippen LogP contribution in [0.15, 0.2) is 36.4 Å². The van der Waals surface area contributed by atoms with E-state index in [0.717, 1.165) is 43.0 Å². The number of nitrogens with one attached hydrogen (secondary N) is 1. The Labute approximate surface area is 155 Å². The van der Waals surface area contributed by atoms with Crippen LogP contribution in [0.2, 0.25) is 0 Å². The van der Waals surface area contributed by atoms with Gasteiger partial charge in [-0.15, -0.1) is 10.2 Å². The summed E-state index contributed by atoms with van der Waals surface area (Å²) in [5, 5.41) is 11.9. The summed E-state index contributed by atoms with van der Waals surface area (Å²) in [4.78, 5) is 14.6. The zero-order chi connectivity index (χ0) is 18.5. The average molecular weight is 352 g/mol. The molecule has 0 bridgehead atoms. The van der Waals surface area contributed by atoms with E-state index >= 15 is 0 Å². The van der Waals surface area contributed by atoms with Crippen molar-refractivity contribution in [3.8, 4) is 11.3 Å². The minimum Gasteiger partial charge on any atom is -0.356 e. The van der Waals surface area contributed by atoms with E-state index in [1.165, 1.54) is 5.56 Å². The predicted molar refractivity (Wildman–Crippen MR) is 105 cm³/mol. The zero-order valence-corrected chi connectivity index (χ0v) is 15.9. The topological polar surface area (TPSA) is 58.1 Å². The predicted octanol–water partition coefficient (Wildman–Crippen LogP) is 3.44. The summed E-state index contributed by atoms with van der Waals surface area (Å²) in [6.07, 6.45) is 1.94. The minimum atomic E-state index is 0.0285. The molecule has 5 nitrogen and oxygen atoms in total. The Hall–Kier alpha value is -2.43. The molecule has 0 unspecified atom stereocenters. The van der Waals surface area contributed by atoms with Crippen molar-refractivity contribution in [2.24, 2.45) is 11.8 Å². The van der Waals surface area contributed by atoms with Crippen LogP contribution in [0.5, 0.6) is 0 Å². The summed E-state index contributed by atoms with van der Waals surface area (Å²) in [5.74, 6) is 1.51. The summed E-state index contributed by atoms with van der Waals surface area (Å²) in [6, 6.07) is 12.3. The molecule has 3 rings (SSSR count). The van der Waals surface area contributed by atoms with E-state index in [9.17, 15) is 4.79 Å². The number of hydrogen-bond acceptors (Lipinski definition) is 4. The normalized spacial score (nSPS) is 17.4. The van der Waals surface area contributed by atoms with Gasteiger partial charge in [-0.3, -0.25) is 4.79 Å². The Morgan fingerprint density at radius 3 is 2.81 bits per heavy atom. The number of benzene rings is 1. The molecule has 138 valence electrons. The molecule has 1 fully saturated rings. The fourth-order valence-electron chi connectivity index (χ4n) is 3.30. The van der Waals surface area contributed by atoms with E-state index in [0.29, 0.717) is 12.5 Å². The van der Waals surface area contributed by atoms with Gasteiger partial charge in [0.25, 0.3) is 0 Å². The number of rotatable bonds is 5. The van der Waals surface area contributed by atoms with Crippen LogP contribution in [0.25, 0.3) is 11.3 Å². The van der Waals surface area contributed by atoms with Crippen molar-refractivity contribution in [3.05, 3.63) is 42.0 Å². The molecule has 2 aromatic rings. The number of piperidine rings is 1. The Morgan fingerprint density at radius 2 is 2.12 bits per heavy atom. The third-order valence-electron chi connectivity index (χ3n) is 4.77. The van der Waals surface area contributed by atoms with E-state index < -0.39 is 0 Å². The zero-order valence-electron chi connectivity index (χ0n) is 15.9. The Kier molecular flexibility index (Phi) is 5.86. The maximum atomic E-state index is 12.4. The van der Waals surface area contributed by atoms with Crippen molar-refractivity contribution >= 4 is 11.7 Å². The van der Waals surface area contributed by atoms with Gasteiger partial charge in [0, 0.05) is 25.2 Å². The van der Waals surface area contributed by atoms with Crippen LogP contribution in [-0.2, 0) is 4.79 Å². The third-order valence-corrected chi connectivity index (χ3v) is 4.77. The van der Waals surface area contributed by atoms with E-state index in [-0.39, 0.29) is 11.8 Å². The van der Waals surface area contributed by atoms with Gasteiger partial charge in [0.15, 0.2) is 5.82 Å². The first kappa shape index (κ1) is 18.4. The maximum Gasteiger partial charge on any atom is 0.224 e. The van der Waals surface area contributed by atoms with Gasteiger partial charge in [0.1, 0.15) is 0 Å². The van der Waals surface area contributed by atoms with E-state index in [1.807, 2.05) is 24.3 Å². The van der Waals surface area contributed by atoms with Gasteiger partial charge >= 0.3 is 0 Å². The Bertz CT molecular complexity index is 742. The highest BCUT2D eigenvalue weighted by molar-refractivity contribution is 5.79. The molecule has 1 aromatic carbocycles. The van der Waals surface area contributed by atoms with Gasteiger partial charge in [-0.05, 0) is 43.9 Å². The number of carbonyl (C=O) groups excluding carboxylic acids is 1. The lowest BCUT2D eigenvalue weighted by Gasteiger charge is -2.32. The molecule has 0 aliphatic carbocycles. The van der Waals surface area contributed by atoms with Crippen molar-refractivity contribution in [2.75, 3.05) is 24.5 Å². The van der Waals surface area contributed by atoms with E-state index in [1.54, 1.807) is 0 Å². The second kappa shape index (κ2) is 8.30. The SMILES string of the molecule is Cc1cccc(-c2ccc(N3CCC[C@H](C(=O)NCC(C)C)C3)nn2)c1. The molecule has 1 N–H and O–H groups in total. The van der Waals surface area contributed by atoms with Crippen LogP contribution in [0, 0.1) is 18.8 Å². The molecular formula is C21H28N4O. The Morgan fingerprint density at radius 1 is 1.27 bits per heavy atom. The second-order valence-corrected chi connectivity index (χ2v) is 7.57. The number of anilines is 1. The highest BCUT2D eigenvalue weighted by atomic mass is 16.1. The molecule has 1 aromatic heterocycles. The van der Waals surface area contributed by atoms with Crippen LogP contribution in [-0.4, -0.2) is 35.7 Å². The first-order valence-corrected chi connectivity index (χ1v) is 9.46. The molecule has 0 saturated carbocycles. The van der Waals surface area contributed by atoms with Crippen molar-refractivity contribution in [2.45, 2.75) is 33.6 Å². The maximum absolute atomic E-state index is 12.4. The molecular weight excluding hydrogens is 324 g/mol. The van der Waals surface area contributed by atoms with Crippen molar-refractivity contribution < 1.29 is 4.79 Å². The first-order valence-electron chi connectivity index (χ1n) is 9.46. The van der Waals surface area contributed by atoms with Crippen LogP contribution in [0.1, 0.15) is 32.3 Å². The van der Waals surface area contributed by atoms with Gasteiger partial charge in [-0.1, -0.05) is 37.6 Å². The standard InChI is InChI=1S/C21H28N4O/c1-15(2)13-22-21(26)18-8-5-11-25(14-18)20-10-9-19(23-24-20)17-7-4-6-16(3)12-17/h4,6-7,9-10,12,15,18H,5,8,11,13-14H2,1-3H3,(H,22,26)/t18-/m0/s1. The van der Waals surface area contributed by atoms with Crippen molar-refractivity contribution in [3.63, 3.8) is 0 Å². The largest absolute Gasteiger partial charge is 0.356 e. The Balaban J connectivity index is 1.66. The molecule has 2 heterocycles. The van der Waals surface area contributed by atoms with Gasteiger partial charge in [-0.2, -0.15) is 0 Å². The van der Waals surface area contributed by atoms with Gasteiger partial charge in [0.2, 0.25) is 5.91 Å². The van der Waals surface area contributed by atoms with Gasteiger partial charge in [0.05, 0.1) is 11.6 Å². The summed E-state index contributed by atoms with van der Waals surface area (Å²) in [7, 11) is 0. The fraction of sp³-hybridized carbons (Fsp3) is 0.476. The molecule has 1 aliphatic heterocycles. The minimum absolute atomic E-state index is 0.0285. The highest BCUT2D eigenvalue weighted by Gasteiger charge is 2.26. The molecule has 26 heavy (non-hydrogen) atoms. The fourth-order valence-corrected chi connectivity index (χ4v) is 3.30. The molecule has 0 radical (unpaired) electrons. The van der Waals surface area contributed by atoms with Crippen LogP contribution in [0.4, 0.5) is 5.82 Å². The van der Waals surface area contributed by atoms with E-state index in [4.69, 9.17) is 0 Å². The first-order chi connectivity index (χ1) is 12.5. The third kappa shape index (κ3) is 4.59. The van der Waals surface area contributed by atoms with Crippen LogP contribution >= 0.6 is 0 Å². The number of aryl methyl sites for hydroxylation is 1. The summed E-state index contributed by atoms with van der Waals surface area (Å²) >= 11 is 0. The smallest absolute Gasteiger partial charge is 0.224 e. The average Bonchev–Trinajstić information content (AvgIpc) is 2.66. The summed E-state index contributed by atoms with van der Waals surface area (Å²) in [5.41, 5.74) is 3.16. The van der Waals surface area contributed by atoms with Gasteiger partial charge < -0.3 is 10.2 Å². The van der Waals surface area contributed by atoms with Crippen LogP contribution in [0.3, 0.4) is 0 Å².